The number of hydrogen-bond acceptors (Lipinski definition) is 3. The second-order valence-electron chi connectivity index (χ2n) is 5.73. The van der Waals surface area contributed by atoms with Crippen LogP contribution in [0.1, 0.15) is 36.7 Å². The summed E-state index contributed by atoms with van der Waals surface area (Å²) < 4.78 is 5.60. The predicted octanol–water partition coefficient (Wildman–Crippen LogP) is 3.88. The number of hydrazone groups is 1. The van der Waals surface area contributed by atoms with Crippen LogP contribution in [0.25, 0.3) is 0 Å². The first-order valence-corrected chi connectivity index (χ1v) is 7.69. The topological polar surface area (TPSA) is 50.7 Å². The maximum atomic E-state index is 12.1. The third-order valence-corrected chi connectivity index (χ3v) is 3.22. The maximum Gasteiger partial charge on any atom is 0.271 e. The largest absolute Gasteiger partial charge is 0.493 e. The van der Waals surface area contributed by atoms with Gasteiger partial charge in [0.2, 0.25) is 0 Å². The van der Waals surface area contributed by atoms with Gasteiger partial charge in [0.05, 0.1) is 12.3 Å². The molecule has 0 aliphatic heterocycles. The minimum absolute atomic E-state index is 0.240. The molecule has 2 aromatic carbocycles. The Hall–Kier alpha value is -2.62. The predicted molar refractivity (Wildman–Crippen MR) is 92.9 cm³/mol. The number of carbonyl (C=O) groups excluding carboxylic acids is 1. The lowest BCUT2D eigenvalue weighted by Gasteiger charge is -2.09. The molecule has 2 aromatic rings. The summed E-state index contributed by atoms with van der Waals surface area (Å²) in [5.41, 5.74) is 4.86. The van der Waals surface area contributed by atoms with E-state index in [0.29, 0.717) is 18.1 Å². The Balaban J connectivity index is 1.95. The summed E-state index contributed by atoms with van der Waals surface area (Å²) in [5, 5.41) is 4.14. The maximum absolute atomic E-state index is 12.1. The number of nitrogens with one attached hydrogen (secondary N) is 1. The van der Waals surface area contributed by atoms with E-state index in [9.17, 15) is 4.79 Å². The Kier molecular flexibility index (Phi) is 5.92. The van der Waals surface area contributed by atoms with E-state index in [1.807, 2.05) is 37.3 Å². The summed E-state index contributed by atoms with van der Waals surface area (Å²) in [5.74, 6) is 0.989. The zero-order valence-electron chi connectivity index (χ0n) is 13.7. The fourth-order valence-electron chi connectivity index (χ4n) is 1.91. The van der Waals surface area contributed by atoms with Crippen molar-refractivity contribution >= 4 is 11.6 Å². The first-order chi connectivity index (χ1) is 11.1. The highest BCUT2D eigenvalue weighted by Crippen LogP contribution is 2.13. The summed E-state index contributed by atoms with van der Waals surface area (Å²) in [4.78, 5) is 12.1. The Labute approximate surface area is 137 Å². The first kappa shape index (κ1) is 16.7. The summed E-state index contributed by atoms with van der Waals surface area (Å²) >= 11 is 0. The van der Waals surface area contributed by atoms with E-state index in [4.69, 9.17) is 4.74 Å². The standard InChI is InChI=1S/C19H22N2O2/c1-14(2)13-23-18-11-9-17(10-12-18)19(22)21-20-15(3)16-7-5-4-6-8-16/h4-12,14H,13H2,1-3H3,(H,21,22). The first-order valence-electron chi connectivity index (χ1n) is 7.69. The molecule has 120 valence electrons. The van der Waals surface area contributed by atoms with Crippen molar-refractivity contribution in [3.05, 3.63) is 65.7 Å². The van der Waals surface area contributed by atoms with Crippen molar-refractivity contribution in [3.8, 4) is 5.75 Å². The van der Waals surface area contributed by atoms with Crippen LogP contribution in [0, 0.1) is 5.92 Å². The van der Waals surface area contributed by atoms with Gasteiger partial charge in [0.25, 0.3) is 5.91 Å². The molecular formula is C19H22N2O2. The van der Waals surface area contributed by atoms with Gasteiger partial charge in [0.15, 0.2) is 0 Å². The van der Waals surface area contributed by atoms with Crippen LogP contribution < -0.4 is 10.2 Å². The van der Waals surface area contributed by atoms with E-state index in [1.54, 1.807) is 24.3 Å². The lowest BCUT2D eigenvalue weighted by Crippen LogP contribution is -2.19. The SMILES string of the molecule is CC(=NNC(=O)c1ccc(OCC(C)C)cc1)c1ccccc1. The zero-order valence-corrected chi connectivity index (χ0v) is 13.7. The van der Waals surface area contributed by atoms with Crippen molar-refractivity contribution in [2.75, 3.05) is 6.61 Å². The molecule has 0 aliphatic rings. The summed E-state index contributed by atoms with van der Waals surface area (Å²) in [6, 6.07) is 16.8. The molecule has 0 saturated carbocycles. The van der Waals surface area contributed by atoms with Gasteiger partial charge in [0, 0.05) is 5.56 Å². The summed E-state index contributed by atoms with van der Waals surface area (Å²) in [6.45, 7) is 6.70. The van der Waals surface area contributed by atoms with Crippen LogP contribution in [0.3, 0.4) is 0 Å². The zero-order chi connectivity index (χ0) is 16.7. The highest BCUT2D eigenvalue weighted by Gasteiger charge is 2.05. The van der Waals surface area contributed by atoms with Gasteiger partial charge < -0.3 is 4.74 Å². The highest BCUT2D eigenvalue weighted by molar-refractivity contribution is 6.00. The molecule has 4 nitrogen and oxygen atoms in total. The number of rotatable bonds is 6. The molecule has 0 aromatic heterocycles. The minimum atomic E-state index is -0.240. The molecule has 0 aliphatic carbocycles. The monoisotopic (exact) mass is 310 g/mol. The average molecular weight is 310 g/mol. The van der Waals surface area contributed by atoms with Crippen LogP contribution >= 0.6 is 0 Å². The number of nitrogens with zero attached hydrogens (tertiary/aromatic N) is 1. The van der Waals surface area contributed by atoms with Crippen LogP contribution in [-0.4, -0.2) is 18.2 Å². The number of amides is 1. The van der Waals surface area contributed by atoms with Gasteiger partial charge in [-0.25, -0.2) is 5.43 Å². The molecule has 0 unspecified atom stereocenters. The van der Waals surface area contributed by atoms with Crippen molar-refractivity contribution in [1.29, 1.82) is 0 Å². The number of hydrogen-bond donors (Lipinski definition) is 1. The second kappa shape index (κ2) is 8.13. The van der Waals surface area contributed by atoms with Gasteiger partial charge >= 0.3 is 0 Å². The van der Waals surface area contributed by atoms with Gasteiger partial charge in [0.1, 0.15) is 5.75 Å². The number of carbonyl (C=O) groups is 1. The fraction of sp³-hybridized carbons (Fsp3) is 0.263. The van der Waals surface area contributed by atoms with E-state index in [1.165, 1.54) is 0 Å². The van der Waals surface area contributed by atoms with Crippen molar-refractivity contribution in [2.24, 2.45) is 11.0 Å². The van der Waals surface area contributed by atoms with Crippen LogP contribution in [-0.2, 0) is 0 Å². The van der Waals surface area contributed by atoms with Crippen molar-refractivity contribution in [1.82, 2.24) is 5.43 Å². The summed E-state index contributed by atoms with van der Waals surface area (Å²) in [6.07, 6.45) is 0. The molecule has 1 amide bonds. The number of benzene rings is 2. The van der Waals surface area contributed by atoms with Crippen LogP contribution in [0.15, 0.2) is 59.7 Å². The van der Waals surface area contributed by atoms with Crippen LogP contribution in [0.4, 0.5) is 0 Å². The molecular weight excluding hydrogens is 288 g/mol. The van der Waals surface area contributed by atoms with Gasteiger partial charge in [-0.3, -0.25) is 4.79 Å². The molecule has 0 fully saturated rings. The molecule has 0 heterocycles. The minimum Gasteiger partial charge on any atom is -0.493 e. The van der Waals surface area contributed by atoms with Gasteiger partial charge in [-0.2, -0.15) is 5.10 Å². The van der Waals surface area contributed by atoms with E-state index in [0.717, 1.165) is 17.0 Å². The second-order valence-corrected chi connectivity index (χ2v) is 5.73. The van der Waals surface area contributed by atoms with Gasteiger partial charge in [-0.05, 0) is 42.7 Å². The molecule has 1 N–H and O–H groups in total. The lowest BCUT2D eigenvalue weighted by atomic mass is 10.1. The van der Waals surface area contributed by atoms with Crippen molar-refractivity contribution in [2.45, 2.75) is 20.8 Å². The average Bonchev–Trinajstić information content (AvgIpc) is 2.58. The molecule has 0 atom stereocenters. The smallest absolute Gasteiger partial charge is 0.271 e. The molecule has 0 radical (unpaired) electrons. The fourth-order valence-corrected chi connectivity index (χ4v) is 1.91. The number of ether oxygens (including phenoxy) is 1. The van der Waals surface area contributed by atoms with Crippen LogP contribution in [0.5, 0.6) is 5.75 Å². The summed E-state index contributed by atoms with van der Waals surface area (Å²) in [7, 11) is 0. The van der Waals surface area contributed by atoms with Crippen molar-refractivity contribution < 1.29 is 9.53 Å². The third kappa shape index (κ3) is 5.25. The lowest BCUT2D eigenvalue weighted by molar-refractivity contribution is 0.0955. The Bertz CT molecular complexity index is 662. The molecule has 4 heteroatoms. The van der Waals surface area contributed by atoms with E-state index < -0.39 is 0 Å². The Morgan fingerprint density at radius 3 is 2.30 bits per heavy atom. The van der Waals surface area contributed by atoms with Gasteiger partial charge in [-0.15, -0.1) is 0 Å². The molecule has 0 saturated heterocycles. The van der Waals surface area contributed by atoms with E-state index in [-0.39, 0.29) is 5.91 Å². The van der Waals surface area contributed by atoms with Crippen LogP contribution in [0.2, 0.25) is 0 Å². The molecule has 0 spiro atoms. The van der Waals surface area contributed by atoms with Gasteiger partial charge in [-0.1, -0.05) is 44.2 Å². The molecule has 2 rings (SSSR count). The Morgan fingerprint density at radius 2 is 1.70 bits per heavy atom. The van der Waals surface area contributed by atoms with E-state index >= 15 is 0 Å². The Morgan fingerprint density at radius 1 is 1.04 bits per heavy atom. The third-order valence-electron chi connectivity index (χ3n) is 3.22. The quantitative estimate of drug-likeness (QED) is 0.650. The molecule has 23 heavy (non-hydrogen) atoms. The van der Waals surface area contributed by atoms with Crippen molar-refractivity contribution in [3.63, 3.8) is 0 Å². The van der Waals surface area contributed by atoms with E-state index in [2.05, 4.69) is 24.4 Å². The highest BCUT2D eigenvalue weighted by atomic mass is 16.5. The normalized spacial score (nSPS) is 11.4. The molecule has 0 bridgehead atoms.